The van der Waals surface area contributed by atoms with Crippen LogP contribution < -0.4 is 5.73 Å². The summed E-state index contributed by atoms with van der Waals surface area (Å²) in [5.41, 5.74) is 7.02. The molecule has 1 aromatic heterocycles. The van der Waals surface area contributed by atoms with Crippen LogP contribution in [0.4, 0.5) is 0 Å². The van der Waals surface area contributed by atoms with Crippen molar-refractivity contribution in [3.8, 4) is 0 Å². The van der Waals surface area contributed by atoms with Crippen LogP contribution in [-0.2, 0) is 10.0 Å². The van der Waals surface area contributed by atoms with Gasteiger partial charge in [-0.15, -0.1) is 12.4 Å². The topological polar surface area (TPSA) is 92.1 Å². The molecule has 0 amide bonds. The quantitative estimate of drug-likeness (QED) is 0.874. The van der Waals surface area contributed by atoms with Crippen molar-refractivity contribution in [1.82, 2.24) is 14.5 Å². The Kier molecular flexibility index (Phi) is 5.60. The van der Waals surface area contributed by atoms with Crippen molar-refractivity contribution in [1.29, 1.82) is 0 Å². The molecule has 0 saturated carbocycles. The van der Waals surface area contributed by atoms with Gasteiger partial charge in [0.05, 0.1) is 11.4 Å². The summed E-state index contributed by atoms with van der Waals surface area (Å²) in [6, 6.07) is 0.127. The van der Waals surface area contributed by atoms with Crippen molar-refractivity contribution in [3.63, 3.8) is 0 Å². The van der Waals surface area contributed by atoms with Crippen molar-refractivity contribution in [2.45, 2.75) is 44.6 Å². The van der Waals surface area contributed by atoms with Crippen LogP contribution in [0.5, 0.6) is 0 Å². The SMILES string of the molecule is Cc1n[nH]c(C)c1S(=O)(=O)N1CCC(C(C)N)CC1.Cl. The summed E-state index contributed by atoms with van der Waals surface area (Å²) in [6.45, 7) is 6.52. The highest BCUT2D eigenvalue weighted by Crippen LogP contribution is 2.27. The molecule has 0 radical (unpaired) electrons. The van der Waals surface area contributed by atoms with Gasteiger partial charge in [-0.1, -0.05) is 0 Å². The Morgan fingerprint density at radius 2 is 1.90 bits per heavy atom. The molecule has 0 spiro atoms. The number of sulfonamides is 1. The van der Waals surface area contributed by atoms with Gasteiger partial charge in [-0.05, 0) is 39.5 Å². The molecular formula is C12H23ClN4O2S. The predicted molar refractivity (Wildman–Crippen MR) is 80.4 cm³/mol. The minimum absolute atomic E-state index is 0. The van der Waals surface area contributed by atoms with E-state index >= 15 is 0 Å². The lowest BCUT2D eigenvalue weighted by Crippen LogP contribution is -2.42. The summed E-state index contributed by atoms with van der Waals surface area (Å²) < 4.78 is 26.8. The first kappa shape index (κ1) is 17.4. The Bertz CT molecular complexity index is 528. The summed E-state index contributed by atoms with van der Waals surface area (Å²) in [7, 11) is -3.43. The Balaban J connectivity index is 0.00000200. The normalized spacial score (nSPS) is 19.6. The maximum absolute atomic E-state index is 12.6. The molecule has 1 atom stereocenters. The molecule has 20 heavy (non-hydrogen) atoms. The number of halogens is 1. The van der Waals surface area contributed by atoms with E-state index in [9.17, 15) is 8.42 Å². The van der Waals surface area contributed by atoms with Crippen molar-refractivity contribution >= 4 is 22.4 Å². The van der Waals surface area contributed by atoms with Gasteiger partial charge in [0.15, 0.2) is 0 Å². The Hall–Kier alpha value is -0.630. The second-order valence-electron chi connectivity index (χ2n) is 5.36. The van der Waals surface area contributed by atoms with Gasteiger partial charge < -0.3 is 5.73 Å². The van der Waals surface area contributed by atoms with E-state index in [0.29, 0.717) is 35.3 Å². The van der Waals surface area contributed by atoms with Crippen LogP contribution >= 0.6 is 12.4 Å². The number of aryl methyl sites for hydroxylation is 2. The number of aromatic nitrogens is 2. The van der Waals surface area contributed by atoms with E-state index < -0.39 is 10.0 Å². The van der Waals surface area contributed by atoms with Gasteiger partial charge in [0.1, 0.15) is 4.90 Å². The second-order valence-corrected chi connectivity index (χ2v) is 7.24. The minimum atomic E-state index is -3.43. The Morgan fingerprint density at radius 1 is 1.35 bits per heavy atom. The van der Waals surface area contributed by atoms with E-state index in [1.54, 1.807) is 18.2 Å². The highest BCUT2D eigenvalue weighted by atomic mass is 35.5. The van der Waals surface area contributed by atoms with Gasteiger partial charge in [-0.25, -0.2) is 8.42 Å². The highest BCUT2D eigenvalue weighted by Gasteiger charge is 2.33. The van der Waals surface area contributed by atoms with Gasteiger partial charge in [-0.3, -0.25) is 5.10 Å². The molecule has 3 N–H and O–H groups in total. The zero-order valence-corrected chi connectivity index (χ0v) is 13.7. The van der Waals surface area contributed by atoms with Crippen LogP contribution in [0.3, 0.4) is 0 Å². The van der Waals surface area contributed by atoms with Gasteiger partial charge >= 0.3 is 0 Å². The lowest BCUT2D eigenvalue weighted by Gasteiger charge is -2.32. The number of nitrogens with one attached hydrogen (secondary N) is 1. The largest absolute Gasteiger partial charge is 0.328 e. The molecule has 0 aromatic carbocycles. The number of rotatable bonds is 3. The van der Waals surface area contributed by atoms with Crippen molar-refractivity contribution in [2.75, 3.05) is 13.1 Å². The maximum atomic E-state index is 12.6. The third-order valence-electron chi connectivity index (χ3n) is 3.90. The Labute approximate surface area is 126 Å². The minimum Gasteiger partial charge on any atom is -0.328 e. The molecule has 8 heteroatoms. The summed E-state index contributed by atoms with van der Waals surface area (Å²) in [6.07, 6.45) is 1.65. The van der Waals surface area contributed by atoms with Crippen LogP contribution in [0.15, 0.2) is 4.90 Å². The molecule has 1 unspecified atom stereocenters. The number of nitrogens with zero attached hydrogens (tertiary/aromatic N) is 2. The van der Waals surface area contributed by atoms with Crippen molar-refractivity contribution in [3.05, 3.63) is 11.4 Å². The molecule has 1 aliphatic heterocycles. The van der Waals surface area contributed by atoms with Gasteiger partial charge in [0, 0.05) is 19.1 Å². The fourth-order valence-corrected chi connectivity index (χ4v) is 4.49. The van der Waals surface area contributed by atoms with Gasteiger partial charge in [0.2, 0.25) is 10.0 Å². The number of H-pyrrole nitrogens is 1. The first-order chi connectivity index (χ1) is 8.84. The summed E-state index contributed by atoms with van der Waals surface area (Å²) in [4.78, 5) is 0.326. The molecule has 2 heterocycles. The molecule has 2 rings (SSSR count). The number of hydrogen-bond donors (Lipinski definition) is 2. The maximum Gasteiger partial charge on any atom is 0.246 e. The lowest BCUT2D eigenvalue weighted by molar-refractivity contribution is 0.250. The van der Waals surface area contributed by atoms with Gasteiger partial charge in [-0.2, -0.15) is 9.40 Å². The van der Waals surface area contributed by atoms with Gasteiger partial charge in [0.25, 0.3) is 0 Å². The smallest absolute Gasteiger partial charge is 0.246 e. The van der Waals surface area contributed by atoms with Crippen LogP contribution in [0.1, 0.15) is 31.2 Å². The van der Waals surface area contributed by atoms with E-state index in [2.05, 4.69) is 10.2 Å². The predicted octanol–water partition coefficient (Wildman–Crippen LogP) is 1.20. The zero-order chi connectivity index (χ0) is 14.2. The third kappa shape index (κ3) is 3.16. The average Bonchev–Trinajstić information content (AvgIpc) is 2.69. The fourth-order valence-electron chi connectivity index (χ4n) is 2.69. The Morgan fingerprint density at radius 3 is 2.30 bits per heavy atom. The van der Waals surface area contributed by atoms with E-state index in [0.717, 1.165) is 12.8 Å². The highest BCUT2D eigenvalue weighted by molar-refractivity contribution is 7.89. The molecule has 6 nitrogen and oxygen atoms in total. The van der Waals surface area contributed by atoms with Crippen LogP contribution in [0.2, 0.25) is 0 Å². The summed E-state index contributed by atoms with van der Waals surface area (Å²) in [5, 5.41) is 6.70. The van der Waals surface area contributed by atoms with E-state index in [1.165, 1.54) is 0 Å². The molecule has 0 bridgehead atoms. The molecule has 116 valence electrons. The molecular weight excluding hydrogens is 300 g/mol. The fraction of sp³-hybridized carbons (Fsp3) is 0.750. The van der Waals surface area contributed by atoms with Crippen molar-refractivity contribution in [2.24, 2.45) is 11.7 Å². The van der Waals surface area contributed by atoms with E-state index in [4.69, 9.17) is 5.73 Å². The first-order valence-corrected chi connectivity index (χ1v) is 8.05. The molecule has 1 fully saturated rings. The molecule has 1 aromatic rings. The summed E-state index contributed by atoms with van der Waals surface area (Å²) >= 11 is 0. The standard InChI is InChI=1S/C12H22N4O2S.ClH/c1-8(13)11-4-6-16(7-5-11)19(17,18)12-9(2)14-15-10(12)3;/h8,11H,4-7,13H2,1-3H3,(H,14,15);1H. The number of aromatic amines is 1. The second kappa shape index (κ2) is 6.43. The van der Waals surface area contributed by atoms with Crippen LogP contribution in [-0.4, -0.2) is 42.1 Å². The van der Waals surface area contributed by atoms with Crippen molar-refractivity contribution < 1.29 is 8.42 Å². The summed E-state index contributed by atoms with van der Waals surface area (Å²) in [5.74, 6) is 0.415. The average molecular weight is 323 g/mol. The molecule has 1 aliphatic rings. The molecule has 1 saturated heterocycles. The monoisotopic (exact) mass is 322 g/mol. The third-order valence-corrected chi connectivity index (χ3v) is 6.06. The lowest BCUT2D eigenvalue weighted by atomic mass is 9.92. The van der Waals surface area contributed by atoms with Crippen LogP contribution in [0, 0.1) is 19.8 Å². The number of piperidine rings is 1. The zero-order valence-electron chi connectivity index (χ0n) is 12.1. The number of hydrogen-bond acceptors (Lipinski definition) is 4. The van der Waals surface area contributed by atoms with Crippen LogP contribution in [0.25, 0.3) is 0 Å². The number of nitrogens with two attached hydrogens (primary N) is 1. The molecule has 0 aliphatic carbocycles. The van der Waals surface area contributed by atoms with E-state index in [-0.39, 0.29) is 18.4 Å². The van der Waals surface area contributed by atoms with E-state index in [1.807, 2.05) is 6.92 Å². The first-order valence-electron chi connectivity index (χ1n) is 6.61.